The summed E-state index contributed by atoms with van der Waals surface area (Å²) in [6.07, 6.45) is 6.29. The van der Waals surface area contributed by atoms with E-state index in [0.29, 0.717) is 5.92 Å². The molecule has 4 heteroatoms. The highest BCUT2D eigenvalue weighted by atomic mass is 15.3. The van der Waals surface area contributed by atoms with Gasteiger partial charge in [0, 0.05) is 18.3 Å². The second-order valence-corrected chi connectivity index (χ2v) is 6.80. The Balaban J connectivity index is 1.88. The second-order valence-electron chi connectivity index (χ2n) is 6.80. The molecule has 1 aliphatic carbocycles. The molecule has 0 N–H and O–H groups in total. The molecule has 1 aliphatic rings. The molecule has 0 saturated heterocycles. The van der Waals surface area contributed by atoms with Crippen LogP contribution in [0.4, 0.5) is 0 Å². The predicted molar refractivity (Wildman–Crippen MR) is 86.1 cm³/mol. The zero-order chi connectivity index (χ0) is 15.3. The van der Waals surface area contributed by atoms with Gasteiger partial charge in [0.25, 0.3) is 0 Å². The molecule has 0 amide bonds. The van der Waals surface area contributed by atoms with Crippen LogP contribution in [-0.2, 0) is 5.41 Å². The van der Waals surface area contributed by atoms with Crippen LogP contribution in [0, 0.1) is 6.92 Å². The first kappa shape index (κ1) is 13.4. The van der Waals surface area contributed by atoms with Crippen molar-refractivity contribution in [1.29, 1.82) is 0 Å². The van der Waals surface area contributed by atoms with E-state index in [1.54, 1.807) is 0 Å². The largest absolute Gasteiger partial charge is 0.283 e. The lowest BCUT2D eigenvalue weighted by Crippen LogP contribution is -2.22. The van der Waals surface area contributed by atoms with Gasteiger partial charge in [0.05, 0.1) is 11.1 Å². The standard InChI is InChI=1S/C18H20N4/c1-12-5-4-6-14(11-12)18(2,3)17-21-20-16-15(13-7-8-13)19-9-10-22(16)17/h4-6,9-11,13H,7-8H2,1-3H3. The Morgan fingerprint density at radius 3 is 2.73 bits per heavy atom. The molecule has 2 aromatic heterocycles. The van der Waals surface area contributed by atoms with Crippen molar-refractivity contribution in [2.24, 2.45) is 0 Å². The molecular formula is C18H20N4. The summed E-state index contributed by atoms with van der Waals surface area (Å²) in [6.45, 7) is 6.53. The average Bonchev–Trinajstić information content (AvgIpc) is 3.25. The van der Waals surface area contributed by atoms with E-state index in [9.17, 15) is 0 Å². The summed E-state index contributed by atoms with van der Waals surface area (Å²) in [7, 11) is 0. The first-order chi connectivity index (χ1) is 10.6. The number of fused-ring (bicyclic) bond motifs is 1. The van der Waals surface area contributed by atoms with E-state index in [2.05, 4.69) is 64.6 Å². The van der Waals surface area contributed by atoms with Gasteiger partial charge in [-0.1, -0.05) is 29.8 Å². The molecule has 0 bridgehead atoms. The van der Waals surface area contributed by atoms with E-state index in [0.717, 1.165) is 17.2 Å². The fourth-order valence-electron chi connectivity index (χ4n) is 3.08. The minimum atomic E-state index is -0.201. The van der Waals surface area contributed by atoms with Gasteiger partial charge >= 0.3 is 0 Å². The van der Waals surface area contributed by atoms with Gasteiger partial charge in [0.1, 0.15) is 5.82 Å². The van der Waals surface area contributed by atoms with Crippen LogP contribution in [-0.4, -0.2) is 19.6 Å². The Bertz CT molecular complexity index is 843. The summed E-state index contributed by atoms with van der Waals surface area (Å²) >= 11 is 0. The Morgan fingerprint density at radius 2 is 2.00 bits per heavy atom. The number of aryl methyl sites for hydroxylation is 1. The second kappa shape index (κ2) is 4.63. The molecule has 0 atom stereocenters. The first-order valence-electron chi connectivity index (χ1n) is 7.84. The summed E-state index contributed by atoms with van der Waals surface area (Å²) < 4.78 is 2.11. The Kier molecular flexibility index (Phi) is 2.83. The summed E-state index contributed by atoms with van der Waals surface area (Å²) in [5.41, 5.74) is 4.33. The molecule has 1 fully saturated rings. The van der Waals surface area contributed by atoms with E-state index in [4.69, 9.17) is 0 Å². The molecule has 4 nitrogen and oxygen atoms in total. The van der Waals surface area contributed by atoms with Crippen molar-refractivity contribution in [1.82, 2.24) is 19.6 Å². The van der Waals surface area contributed by atoms with Gasteiger partial charge in [-0.15, -0.1) is 10.2 Å². The normalized spacial score (nSPS) is 15.4. The molecule has 0 unspecified atom stereocenters. The summed E-state index contributed by atoms with van der Waals surface area (Å²) in [5.74, 6) is 1.54. The molecular weight excluding hydrogens is 272 g/mol. The zero-order valence-corrected chi connectivity index (χ0v) is 13.2. The summed E-state index contributed by atoms with van der Waals surface area (Å²) in [6, 6.07) is 8.62. The molecule has 3 aromatic rings. The molecule has 112 valence electrons. The van der Waals surface area contributed by atoms with Crippen molar-refractivity contribution < 1.29 is 0 Å². The fourth-order valence-corrected chi connectivity index (χ4v) is 3.08. The van der Waals surface area contributed by atoms with Crippen LogP contribution in [0.25, 0.3) is 5.65 Å². The number of benzene rings is 1. The van der Waals surface area contributed by atoms with Crippen LogP contribution in [0.1, 0.15) is 55.3 Å². The maximum Gasteiger partial charge on any atom is 0.182 e. The number of hydrogen-bond donors (Lipinski definition) is 0. The third kappa shape index (κ3) is 2.02. The number of hydrogen-bond acceptors (Lipinski definition) is 3. The molecule has 1 saturated carbocycles. The van der Waals surface area contributed by atoms with E-state index < -0.39 is 0 Å². The zero-order valence-electron chi connectivity index (χ0n) is 13.2. The van der Waals surface area contributed by atoms with E-state index >= 15 is 0 Å². The van der Waals surface area contributed by atoms with Crippen molar-refractivity contribution in [3.05, 3.63) is 59.3 Å². The molecule has 0 spiro atoms. The van der Waals surface area contributed by atoms with Crippen LogP contribution in [0.2, 0.25) is 0 Å². The molecule has 4 rings (SSSR count). The topological polar surface area (TPSA) is 43.1 Å². The maximum atomic E-state index is 4.53. The molecule has 0 aliphatic heterocycles. The Labute approximate surface area is 130 Å². The number of aromatic nitrogens is 4. The number of rotatable bonds is 3. The predicted octanol–water partition coefficient (Wildman–Crippen LogP) is 3.64. The van der Waals surface area contributed by atoms with Crippen molar-refractivity contribution >= 4 is 5.65 Å². The van der Waals surface area contributed by atoms with E-state index in [-0.39, 0.29) is 5.41 Å². The third-order valence-electron chi connectivity index (χ3n) is 4.62. The monoisotopic (exact) mass is 292 g/mol. The van der Waals surface area contributed by atoms with Gasteiger partial charge in [-0.05, 0) is 39.2 Å². The van der Waals surface area contributed by atoms with Crippen LogP contribution >= 0.6 is 0 Å². The average molecular weight is 292 g/mol. The van der Waals surface area contributed by atoms with Gasteiger partial charge in [0.15, 0.2) is 5.65 Å². The van der Waals surface area contributed by atoms with Gasteiger partial charge in [0.2, 0.25) is 0 Å². The fraction of sp³-hybridized carbons (Fsp3) is 0.389. The van der Waals surface area contributed by atoms with Crippen LogP contribution in [0.15, 0.2) is 36.7 Å². The van der Waals surface area contributed by atoms with Gasteiger partial charge in [-0.2, -0.15) is 0 Å². The van der Waals surface area contributed by atoms with Crippen LogP contribution in [0.5, 0.6) is 0 Å². The smallest absolute Gasteiger partial charge is 0.182 e. The lowest BCUT2D eigenvalue weighted by molar-refractivity contribution is 0.581. The highest BCUT2D eigenvalue weighted by Gasteiger charge is 2.32. The van der Waals surface area contributed by atoms with Crippen LogP contribution in [0.3, 0.4) is 0 Å². The van der Waals surface area contributed by atoms with Gasteiger partial charge in [-0.3, -0.25) is 9.38 Å². The number of nitrogens with zero attached hydrogens (tertiary/aromatic N) is 4. The Morgan fingerprint density at radius 1 is 1.18 bits per heavy atom. The van der Waals surface area contributed by atoms with Gasteiger partial charge in [-0.25, -0.2) is 0 Å². The molecule has 0 radical (unpaired) electrons. The third-order valence-corrected chi connectivity index (χ3v) is 4.62. The maximum absolute atomic E-state index is 4.53. The lowest BCUT2D eigenvalue weighted by atomic mass is 9.83. The van der Waals surface area contributed by atoms with Crippen molar-refractivity contribution in [3.63, 3.8) is 0 Å². The highest BCUT2D eigenvalue weighted by Crippen LogP contribution is 2.41. The minimum absolute atomic E-state index is 0.201. The summed E-state index contributed by atoms with van der Waals surface area (Å²) in [5, 5.41) is 8.96. The van der Waals surface area contributed by atoms with E-state index in [1.165, 1.54) is 24.0 Å². The lowest BCUT2D eigenvalue weighted by Gasteiger charge is -2.23. The van der Waals surface area contributed by atoms with Crippen molar-refractivity contribution in [2.75, 3.05) is 0 Å². The molecule has 2 heterocycles. The SMILES string of the molecule is Cc1cccc(C(C)(C)c2nnc3c(C4CC4)nccn23)c1. The summed E-state index contributed by atoms with van der Waals surface area (Å²) in [4.78, 5) is 4.53. The minimum Gasteiger partial charge on any atom is -0.283 e. The van der Waals surface area contributed by atoms with Gasteiger partial charge < -0.3 is 0 Å². The first-order valence-corrected chi connectivity index (χ1v) is 7.84. The van der Waals surface area contributed by atoms with E-state index in [1.807, 2.05) is 12.4 Å². The van der Waals surface area contributed by atoms with Crippen molar-refractivity contribution in [3.8, 4) is 0 Å². The van der Waals surface area contributed by atoms with Crippen LogP contribution < -0.4 is 0 Å². The van der Waals surface area contributed by atoms with Crippen molar-refractivity contribution in [2.45, 2.75) is 44.9 Å². The molecule has 22 heavy (non-hydrogen) atoms. The molecule has 1 aromatic carbocycles. The quantitative estimate of drug-likeness (QED) is 0.740. The highest BCUT2D eigenvalue weighted by molar-refractivity contribution is 5.48. The Hall–Kier alpha value is -2.23.